The smallest absolute Gasteiger partial charge is 0.248 e. The summed E-state index contributed by atoms with van der Waals surface area (Å²) in [6.07, 6.45) is -0.0591. The molecule has 2 aromatic carbocycles. The first-order valence-electron chi connectivity index (χ1n) is 8.84. The maximum absolute atomic E-state index is 12.7. The van der Waals surface area contributed by atoms with Crippen molar-refractivity contribution < 1.29 is 14.4 Å². The monoisotopic (exact) mass is 409 g/mol. The summed E-state index contributed by atoms with van der Waals surface area (Å²) in [7, 11) is 0. The number of hydrogen-bond donors (Lipinski definition) is 2. The third kappa shape index (κ3) is 4.75. The lowest BCUT2D eigenvalue weighted by atomic mass is 10.1. The fourth-order valence-electron chi connectivity index (χ4n) is 2.86. The Kier molecular flexibility index (Phi) is 6.18. The lowest BCUT2D eigenvalue weighted by molar-refractivity contribution is -0.121. The molecule has 8 nitrogen and oxygen atoms in total. The molecule has 0 bridgehead atoms. The molecule has 0 aromatic heterocycles. The Labute approximate surface area is 171 Å². The number of nitrogens with one attached hydrogen (secondary N) is 1. The van der Waals surface area contributed by atoms with Crippen LogP contribution in [0.2, 0.25) is 0 Å². The van der Waals surface area contributed by atoms with Crippen LogP contribution in [0.3, 0.4) is 0 Å². The van der Waals surface area contributed by atoms with Gasteiger partial charge in [-0.1, -0.05) is 48.2 Å². The average molecular weight is 409 g/mol. The Morgan fingerprint density at radius 1 is 1.21 bits per heavy atom. The van der Waals surface area contributed by atoms with E-state index in [0.717, 1.165) is 22.2 Å². The van der Waals surface area contributed by atoms with E-state index >= 15 is 0 Å². The molecule has 0 spiro atoms. The Balaban J connectivity index is 1.67. The molecular weight excluding hydrogens is 390 g/mol. The Bertz CT molecular complexity index is 993. The number of nitrogens with zero attached hydrogens (tertiary/aromatic N) is 3. The van der Waals surface area contributed by atoms with E-state index in [-0.39, 0.29) is 28.9 Å². The summed E-state index contributed by atoms with van der Waals surface area (Å²) in [6, 6.07) is 15.3. The molecule has 3 N–H and O–H groups in total. The second kappa shape index (κ2) is 8.78. The van der Waals surface area contributed by atoms with Crippen LogP contribution in [-0.4, -0.2) is 28.1 Å². The predicted molar refractivity (Wildman–Crippen MR) is 111 cm³/mol. The molecule has 1 saturated heterocycles. The number of nitrogens with two attached hydrogens (primary N) is 1. The molecule has 1 aliphatic heterocycles. The van der Waals surface area contributed by atoms with Gasteiger partial charge in [0.05, 0.1) is 11.7 Å². The highest BCUT2D eigenvalue weighted by Crippen LogP contribution is 2.31. The Hall–Kier alpha value is -3.33. The number of carbonyl (C=O) groups is 3. The first-order chi connectivity index (χ1) is 13.9. The summed E-state index contributed by atoms with van der Waals surface area (Å²) in [5.74, 6) is -1.51. The van der Waals surface area contributed by atoms with Crippen LogP contribution in [0.4, 0.5) is 5.69 Å². The number of benzene rings is 2. The van der Waals surface area contributed by atoms with Crippen molar-refractivity contribution in [3.05, 3.63) is 65.7 Å². The minimum atomic E-state index is -0.766. The Morgan fingerprint density at radius 2 is 1.93 bits per heavy atom. The van der Waals surface area contributed by atoms with Gasteiger partial charge in [0.25, 0.3) is 0 Å². The number of thioether (sulfide) groups is 1. The van der Waals surface area contributed by atoms with Gasteiger partial charge in [-0.15, -0.1) is 5.11 Å². The van der Waals surface area contributed by atoms with Gasteiger partial charge in [-0.25, -0.2) is 4.90 Å². The van der Waals surface area contributed by atoms with Crippen LogP contribution in [0, 0.1) is 5.41 Å². The second-order valence-electron chi connectivity index (χ2n) is 6.40. The van der Waals surface area contributed by atoms with Gasteiger partial charge in [0.2, 0.25) is 22.9 Å². The molecule has 148 valence electrons. The van der Waals surface area contributed by atoms with Crippen molar-refractivity contribution in [2.75, 3.05) is 4.90 Å². The van der Waals surface area contributed by atoms with Crippen LogP contribution in [-0.2, 0) is 9.59 Å². The molecule has 1 fully saturated rings. The van der Waals surface area contributed by atoms with Crippen molar-refractivity contribution in [2.45, 2.75) is 24.6 Å². The minimum Gasteiger partial charge on any atom is -0.366 e. The molecule has 2 unspecified atom stereocenters. The molecule has 2 atom stereocenters. The highest BCUT2D eigenvalue weighted by atomic mass is 32.2. The van der Waals surface area contributed by atoms with Crippen molar-refractivity contribution in [2.24, 2.45) is 16.0 Å². The van der Waals surface area contributed by atoms with Gasteiger partial charge in [-0.2, -0.15) is 5.11 Å². The van der Waals surface area contributed by atoms with E-state index in [9.17, 15) is 14.4 Å². The molecule has 0 saturated carbocycles. The zero-order valence-electron chi connectivity index (χ0n) is 15.6. The normalized spacial score (nSPS) is 17.7. The number of amidine groups is 1. The van der Waals surface area contributed by atoms with E-state index in [2.05, 4.69) is 10.2 Å². The number of hydrogen-bond acceptors (Lipinski definition) is 6. The van der Waals surface area contributed by atoms with E-state index in [1.807, 2.05) is 37.3 Å². The number of carbonyl (C=O) groups excluding carboxylic acids is 3. The maximum Gasteiger partial charge on any atom is 0.248 e. The summed E-state index contributed by atoms with van der Waals surface area (Å²) >= 11 is 0.884. The van der Waals surface area contributed by atoms with Crippen LogP contribution in [0.15, 0.2) is 64.8 Å². The third-order valence-electron chi connectivity index (χ3n) is 4.35. The van der Waals surface area contributed by atoms with Crippen LogP contribution in [0.5, 0.6) is 0 Å². The van der Waals surface area contributed by atoms with E-state index in [4.69, 9.17) is 11.1 Å². The highest BCUT2D eigenvalue weighted by molar-refractivity contribution is 8.14. The SMILES string of the molecule is CC(/N=N/C(=N)SC1CC(=O)N(c2cccc(C(N)=O)c2)C1=O)c1ccccc1. The van der Waals surface area contributed by atoms with Gasteiger partial charge in [0, 0.05) is 12.0 Å². The van der Waals surface area contributed by atoms with E-state index in [1.54, 1.807) is 12.1 Å². The zero-order chi connectivity index (χ0) is 21.0. The molecule has 3 rings (SSSR count). The molecule has 29 heavy (non-hydrogen) atoms. The van der Waals surface area contributed by atoms with Crippen LogP contribution >= 0.6 is 11.8 Å². The topological polar surface area (TPSA) is 129 Å². The maximum atomic E-state index is 12.7. The second-order valence-corrected chi connectivity index (χ2v) is 7.59. The molecule has 0 radical (unpaired) electrons. The predicted octanol–water partition coefficient (Wildman–Crippen LogP) is 3.30. The quantitative estimate of drug-likeness (QED) is 0.340. The molecule has 3 amide bonds. The molecule has 1 heterocycles. The number of rotatable bonds is 5. The summed E-state index contributed by atoms with van der Waals surface area (Å²) in [4.78, 5) is 37.4. The molecular formula is C20H19N5O3S. The average Bonchev–Trinajstić information content (AvgIpc) is 2.99. The van der Waals surface area contributed by atoms with Gasteiger partial charge < -0.3 is 5.73 Å². The first-order valence-corrected chi connectivity index (χ1v) is 9.72. The third-order valence-corrected chi connectivity index (χ3v) is 5.31. The van der Waals surface area contributed by atoms with E-state index < -0.39 is 23.0 Å². The van der Waals surface area contributed by atoms with Crippen molar-refractivity contribution >= 4 is 40.3 Å². The van der Waals surface area contributed by atoms with Gasteiger partial charge in [-0.3, -0.25) is 19.8 Å². The number of primary amides is 1. The van der Waals surface area contributed by atoms with Gasteiger partial charge in [-0.05, 0) is 30.7 Å². The van der Waals surface area contributed by atoms with Crippen LogP contribution in [0.25, 0.3) is 0 Å². The van der Waals surface area contributed by atoms with Crippen LogP contribution in [0.1, 0.15) is 35.3 Å². The lowest BCUT2D eigenvalue weighted by Crippen LogP contribution is -2.31. The van der Waals surface area contributed by atoms with Crippen molar-refractivity contribution in [1.82, 2.24) is 0 Å². The standard InChI is InChI=1S/C20H19N5O3S/c1-12(13-6-3-2-4-7-13)23-24-20(22)29-16-11-17(26)25(19(16)28)15-9-5-8-14(10-15)18(21)27/h2-10,12,16,22H,11H2,1H3,(H2,21,27)/b22-20?,24-23+. The summed E-state index contributed by atoms with van der Waals surface area (Å²) in [5, 5.41) is 15.1. The van der Waals surface area contributed by atoms with Gasteiger partial charge in [0.1, 0.15) is 5.25 Å². The zero-order valence-corrected chi connectivity index (χ0v) is 16.4. The number of anilines is 1. The largest absolute Gasteiger partial charge is 0.366 e. The Morgan fingerprint density at radius 3 is 2.62 bits per heavy atom. The molecule has 2 aromatic rings. The summed E-state index contributed by atoms with van der Waals surface area (Å²) < 4.78 is 0. The van der Waals surface area contributed by atoms with Crippen molar-refractivity contribution in [1.29, 1.82) is 5.41 Å². The number of amides is 3. The van der Waals surface area contributed by atoms with E-state index in [0.29, 0.717) is 0 Å². The highest BCUT2D eigenvalue weighted by Gasteiger charge is 2.40. The van der Waals surface area contributed by atoms with Gasteiger partial charge >= 0.3 is 0 Å². The fraction of sp³-hybridized carbons (Fsp3) is 0.200. The number of imide groups is 1. The van der Waals surface area contributed by atoms with E-state index in [1.165, 1.54) is 12.1 Å². The molecule has 1 aliphatic rings. The lowest BCUT2D eigenvalue weighted by Gasteiger charge is -2.15. The van der Waals surface area contributed by atoms with Crippen molar-refractivity contribution in [3.63, 3.8) is 0 Å². The summed E-state index contributed by atoms with van der Waals surface area (Å²) in [5.41, 5.74) is 6.71. The van der Waals surface area contributed by atoms with Crippen molar-refractivity contribution in [3.8, 4) is 0 Å². The first kappa shape index (κ1) is 20.4. The fourth-order valence-corrected chi connectivity index (χ4v) is 3.66. The molecule has 9 heteroatoms. The number of azo groups is 1. The summed E-state index contributed by atoms with van der Waals surface area (Å²) in [6.45, 7) is 1.86. The minimum absolute atomic E-state index is 0.0591. The van der Waals surface area contributed by atoms with Gasteiger partial charge in [0.15, 0.2) is 0 Å². The van der Waals surface area contributed by atoms with Crippen LogP contribution < -0.4 is 10.6 Å². The molecule has 0 aliphatic carbocycles.